The molecule has 4 nitrogen and oxygen atoms in total. The second kappa shape index (κ2) is 11.0. The number of thiophene rings is 1. The predicted molar refractivity (Wildman–Crippen MR) is 211 cm³/mol. The Hall–Kier alpha value is -6.56. The van der Waals surface area contributed by atoms with Crippen molar-refractivity contribution >= 4 is 75.5 Å². The van der Waals surface area contributed by atoms with Crippen molar-refractivity contribution in [3.05, 3.63) is 158 Å². The summed E-state index contributed by atoms with van der Waals surface area (Å²) in [6.07, 6.45) is 1.69. The molecule has 7 aromatic carbocycles. The zero-order valence-electron chi connectivity index (χ0n) is 27.1. The maximum Gasteiger partial charge on any atom is 0.143 e. The lowest BCUT2D eigenvalue weighted by Crippen LogP contribution is -1.87. The van der Waals surface area contributed by atoms with Crippen LogP contribution in [0.2, 0.25) is 0 Å². The minimum atomic E-state index is 0.895. The second-order valence-electron chi connectivity index (χ2n) is 12.9. The summed E-state index contributed by atoms with van der Waals surface area (Å²) in [5, 5.41) is 5.64. The molecule has 11 rings (SSSR count). The molecule has 0 unspecified atom stereocenters. The first-order valence-corrected chi connectivity index (χ1v) is 17.8. The number of rotatable bonds is 4. The summed E-state index contributed by atoms with van der Waals surface area (Å²) in [7, 11) is 0. The first-order chi connectivity index (χ1) is 25.3. The third-order valence-electron chi connectivity index (χ3n) is 10.0. The van der Waals surface area contributed by atoms with E-state index >= 15 is 0 Å². The van der Waals surface area contributed by atoms with E-state index in [-0.39, 0.29) is 0 Å². The fourth-order valence-corrected chi connectivity index (χ4v) is 8.97. The van der Waals surface area contributed by atoms with Gasteiger partial charge in [0.05, 0.1) is 15.9 Å². The second-order valence-corrected chi connectivity index (χ2v) is 13.9. The topological polar surface area (TPSA) is 52.1 Å². The van der Waals surface area contributed by atoms with Gasteiger partial charge in [-0.3, -0.25) is 0 Å². The highest BCUT2D eigenvalue weighted by Crippen LogP contribution is 2.44. The summed E-state index contributed by atoms with van der Waals surface area (Å²) in [5.41, 5.74) is 13.2. The van der Waals surface area contributed by atoms with E-state index in [1.54, 1.807) is 17.7 Å². The van der Waals surface area contributed by atoms with Gasteiger partial charge in [0.1, 0.15) is 28.7 Å². The predicted octanol–water partition coefficient (Wildman–Crippen LogP) is 13.3. The van der Waals surface area contributed by atoms with Crippen molar-refractivity contribution < 1.29 is 8.83 Å². The molecule has 0 aliphatic carbocycles. The number of nitrogens with zero attached hydrogens (tertiary/aromatic N) is 2. The average Bonchev–Trinajstić information content (AvgIpc) is 3.89. The Kier molecular flexibility index (Phi) is 6.09. The molecule has 0 spiro atoms. The molecule has 0 aliphatic rings. The van der Waals surface area contributed by atoms with Crippen LogP contribution in [-0.2, 0) is 0 Å². The number of para-hydroxylation sites is 4. The van der Waals surface area contributed by atoms with Crippen molar-refractivity contribution in [2.75, 3.05) is 0 Å². The quantitative estimate of drug-likeness (QED) is 0.187. The zero-order valence-corrected chi connectivity index (χ0v) is 27.9. The Morgan fingerprint density at radius 3 is 1.53 bits per heavy atom. The molecule has 0 bridgehead atoms. The van der Waals surface area contributed by atoms with Crippen molar-refractivity contribution in [2.24, 2.45) is 0 Å². The van der Waals surface area contributed by atoms with Crippen molar-refractivity contribution in [3.8, 4) is 44.6 Å². The first kappa shape index (κ1) is 28.3. The van der Waals surface area contributed by atoms with E-state index in [2.05, 4.69) is 127 Å². The van der Waals surface area contributed by atoms with Crippen molar-refractivity contribution in [2.45, 2.75) is 0 Å². The summed E-state index contributed by atoms with van der Waals surface area (Å²) < 4.78 is 15.1. The number of benzene rings is 7. The molecular formula is C46H26N2O2S. The molecule has 4 aromatic heterocycles. The lowest BCUT2D eigenvalue weighted by atomic mass is 9.97. The minimum absolute atomic E-state index is 0.895. The number of aromatic nitrogens is 2. The minimum Gasteiger partial charge on any atom is -0.455 e. The normalized spacial score (nSPS) is 11.9. The van der Waals surface area contributed by atoms with E-state index in [9.17, 15) is 0 Å². The van der Waals surface area contributed by atoms with Gasteiger partial charge >= 0.3 is 0 Å². The lowest BCUT2D eigenvalue weighted by Gasteiger charge is -2.08. The van der Waals surface area contributed by atoms with Gasteiger partial charge in [-0.15, -0.1) is 11.3 Å². The SMILES string of the molecule is c1cc(-c2cccc3c2oc2ccccc23)cc(-c2cccc3c2sc2c(-c4cccc(-c5cccc6c5oc5ccccc56)c4)ncnc23)c1. The standard InChI is InChI=1S/C46H26N2O2S/c1-3-22-39-34(14-1)36-19-7-16-31(43(36)49-39)27-10-5-12-29(24-27)33-18-9-21-38-42-46(51-45(33)38)41(47-26-48-42)30-13-6-11-28(25-30)32-17-8-20-37-35-15-2-4-23-40(35)50-44(32)37/h1-26H. The fourth-order valence-electron chi connectivity index (χ4n) is 7.67. The van der Waals surface area contributed by atoms with Gasteiger partial charge in [-0.05, 0) is 46.5 Å². The van der Waals surface area contributed by atoms with Gasteiger partial charge in [0.15, 0.2) is 0 Å². The van der Waals surface area contributed by atoms with Gasteiger partial charge in [0, 0.05) is 48.3 Å². The van der Waals surface area contributed by atoms with E-state index in [1.165, 1.54) is 10.3 Å². The highest BCUT2D eigenvalue weighted by Gasteiger charge is 2.19. The Morgan fingerprint density at radius 2 is 0.882 bits per heavy atom. The Bertz CT molecular complexity index is 2950. The maximum atomic E-state index is 6.40. The first-order valence-electron chi connectivity index (χ1n) is 17.0. The highest BCUT2D eigenvalue weighted by molar-refractivity contribution is 7.26. The molecule has 51 heavy (non-hydrogen) atoms. The fraction of sp³-hybridized carbons (Fsp3) is 0. The molecule has 4 heterocycles. The van der Waals surface area contributed by atoms with Gasteiger partial charge < -0.3 is 8.83 Å². The van der Waals surface area contributed by atoms with Crippen molar-refractivity contribution in [1.82, 2.24) is 9.97 Å². The molecule has 0 saturated heterocycles. The Labute approximate surface area is 295 Å². The molecule has 0 amide bonds. The summed E-state index contributed by atoms with van der Waals surface area (Å²) in [4.78, 5) is 9.70. The van der Waals surface area contributed by atoms with Crippen LogP contribution in [0.5, 0.6) is 0 Å². The van der Waals surface area contributed by atoms with E-state index < -0.39 is 0 Å². The molecular weight excluding hydrogens is 645 g/mol. The molecule has 0 N–H and O–H groups in total. The number of hydrogen-bond donors (Lipinski definition) is 0. The van der Waals surface area contributed by atoms with Crippen molar-refractivity contribution in [3.63, 3.8) is 0 Å². The van der Waals surface area contributed by atoms with Crippen LogP contribution in [0.25, 0.3) is 109 Å². The van der Waals surface area contributed by atoms with Gasteiger partial charge in [-0.1, -0.05) is 127 Å². The van der Waals surface area contributed by atoms with Crippen LogP contribution in [0, 0.1) is 0 Å². The molecule has 0 aliphatic heterocycles. The highest BCUT2D eigenvalue weighted by atomic mass is 32.1. The molecule has 5 heteroatoms. The van der Waals surface area contributed by atoms with Crippen molar-refractivity contribution in [1.29, 1.82) is 0 Å². The largest absolute Gasteiger partial charge is 0.455 e. The summed E-state index contributed by atoms with van der Waals surface area (Å²) in [6.45, 7) is 0. The zero-order chi connectivity index (χ0) is 33.5. The van der Waals surface area contributed by atoms with Crippen LogP contribution in [0.15, 0.2) is 167 Å². The maximum absolute atomic E-state index is 6.40. The summed E-state index contributed by atoms with van der Waals surface area (Å²) in [6, 6.07) is 53.1. The van der Waals surface area contributed by atoms with Crippen LogP contribution in [0.3, 0.4) is 0 Å². The van der Waals surface area contributed by atoms with Crippen LogP contribution < -0.4 is 0 Å². The van der Waals surface area contributed by atoms with E-state index in [0.717, 1.165) is 98.6 Å². The van der Waals surface area contributed by atoms with Gasteiger partial charge in [-0.2, -0.15) is 0 Å². The van der Waals surface area contributed by atoms with Crippen LogP contribution in [0.4, 0.5) is 0 Å². The van der Waals surface area contributed by atoms with Crippen LogP contribution in [-0.4, -0.2) is 9.97 Å². The molecule has 0 saturated carbocycles. The average molecular weight is 671 g/mol. The molecule has 0 fully saturated rings. The number of fused-ring (bicyclic) bond motifs is 9. The van der Waals surface area contributed by atoms with E-state index in [0.29, 0.717) is 0 Å². The van der Waals surface area contributed by atoms with Gasteiger partial charge in [0.2, 0.25) is 0 Å². The van der Waals surface area contributed by atoms with E-state index in [4.69, 9.17) is 18.8 Å². The monoisotopic (exact) mass is 670 g/mol. The van der Waals surface area contributed by atoms with Crippen LogP contribution in [0.1, 0.15) is 0 Å². The smallest absolute Gasteiger partial charge is 0.143 e. The molecule has 11 aromatic rings. The summed E-state index contributed by atoms with van der Waals surface area (Å²) >= 11 is 1.76. The Balaban J connectivity index is 1.04. The Morgan fingerprint density at radius 1 is 0.392 bits per heavy atom. The lowest BCUT2D eigenvalue weighted by molar-refractivity contribution is 0.669. The van der Waals surface area contributed by atoms with Crippen LogP contribution >= 0.6 is 11.3 Å². The third kappa shape index (κ3) is 4.32. The van der Waals surface area contributed by atoms with Gasteiger partial charge in [0.25, 0.3) is 0 Å². The molecule has 0 radical (unpaired) electrons. The van der Waals surface area contributed by atoms with Gasteiger partial charge in [-0.25, -0.2) is 9.97 Å². The van der Waals surface area contributed by atoms with E-state index in [1.807, 2.05) is 24.3 Å². The third-order valence-corrected chi connectivity index (χ3v) is 11.3. The number of furan rings is 2. The number of hydrogen-bond acceptors (Lipinski definition) is 5. The molecule has 238 valence electrons. The summed E-state index contributed by atoms with van der Waals surface area (Å²) in [5.74, 6) is 0. The molecule has 0 atom stereocenters.